The van der Waals surface area contributed by atoms with Crippen LogP contribution < -0.4 is 14.8 Å². The van der Waals surface area contributed by atoms with Crippen LogP contribution in [0.25, 0.3) is 0 Å². The number of hydrogen-bond donors (Lipinski definition) is 2. The summed E-state index contributed by atoms with van der Waals surface area (Å²) in [5, 5.41) is 13.4. The second-order valence-corrected chi connectivity index (χ2v) is 6.47. The van der Waals surface area contributed by atoms with Crippen LogP contribution in [0.3, 0.4) is 0 Å². The second-order valence-electron chi connectivity index (χ2n) is 6.47. The molecule has 2 rings (SSSR count). The summed E-state index contributed by atoms with van der Waals surface area (Å²) in [6.07, 6.45) is 3.34. The molecule has 2 atom stereocenters. The van der Waals surface area contributed by atoms with Gasteiger partial charge in [0, 0.05) is 18.7 Å². The van der Waals surface area contributed by atoms with Gasteiger partial charge in [0.15, 0.2) is 0 Å². The smallest absolute Gasteiger partial charge is 0.123 e. The number of benzene rings is 1. The molecule has 4 nitrogen and oxygen atoms in total. The van der Waals surface area contributed by atoms with Crippen molar-refractivity contribution in [3.63, 3.8) is 0 Å². The summed E-state index contributed by atoms with van der Waals surface area (Å²) >= 11 is 0. The Morgan fingerprint density at radius 3 is 2.71 bits per heavy atom. The lowest BCUT2D eigenvalue weighted by molar-refractivity contribution is 0.103. The number of aliphatic hydroxyl groups is 1. The zero-order valence-electron chi connectivity index (χ0n) is 13.3. The summed E-state index contributed by atoms with van der Waals surface area (Å²) in [5.74, 6) is 1.47. The monoisotopic (exact) mass is 293 g/mol. The molecule has 1 aliphatic rings. The van der Waals surface area contributed by atoms with E-state index in [0.29, 0.717) is 23.8 Å². The van der Waals surface area contributed by atoms with Gasteiger partial charge in [-0.15, -0.1) is 0 Å². The van der Waals surface area contributed by atoms with Gasteiger partial charge in [-0.3, -0.25) is 0 Å². The SMILES string of the molecule is COc1cccc(OC[C@H](O)CN[C@H](C)CC2(C)CC2)c1. The Hall–Kier alpha value is -1.26. The molecule has 21 heavy (non-hydrogen) atoms. The summed E-state index contributed by atoms with van der Waals surface area (Å²) in [6.45, 7) is 5.35. The lowest BCUT2D eigenvalue weighted by Gasteiger charge is -2.20. The van der Waals surface area contributed by atoms with E-state index in [4.69, 9.17) is 9.47 Å². The van der Waals surface area contributed by atoms with Crippen LogP contribution in [0.5, 0.6) is 11.5 Å². The maximum absolute atomic E-state index is 9.98. The molecule has 1 saturated carbocycles. The highest BCUT2D eigenvalue weighted by atomic mass is 16.5. The summed E-state index contributed by atoms with van der Waals surface area (Å²) in [6, 6.07) is 7.85. The number of methoxy groups -OCH3 is 1. The number of nitrogens with one attached hydrogen (secondary N) is 1. The van der Waals surface area contributed by atoms with E-state index in [2.05, 4.69) is 19.2 Å². The predicted octanol–water partition coefficient (Wildman–Crippen LogP) is 2.60. The Bertz CT molecular complexity index is 445. The molecule has 1 aliphatic carbocycles. The van der Waals surface area contributed by atoms with Crippen LogP contribution in [0, 0.1) is 5.41 Å². The van der Waals surface area contributed by atoms with Gasteiger partial charge in [-0.2, -0.15) is 0 Å². The topological polar surface area (TPSA) is 50.7 Å². The van der Waals surface area contributed by atoms with E-state index in [1.165, 1.54) is 19.3 Å². The fourth-order valence-electron chi connectivity index (χ4n) is 2.51. The summed E-state index contributed by atoms with van der Waals surface area (Å²) < 4.78 is 10.7. The van der Waals surface area contributed by atoms with Crippen molar-refractivity contribution in [1.29, 1.82) is 0 Å². The number of rotatable bonds is 9. The lowest BCUT2D eigenvalue weighted by atomic mass is 10.0. The summed E-state index contributed by atoms with van der Waals surface area (Å²) in [4.78, 5) is 0. The molecule has 0 aliphatic heterocycles. The number of hydrogen-bond acceptors (Lipinski definition) is 4. The van der Waals surface area contributed by atoms with Crippen LogP contribution >= 0.6 is 0 Å². The van der Waals surface area contributed by atoms with Crippen LogP contribution in [0.1, 0.15) is 33.1 Å². The van der Waals surface area contributed by atoms with Gasteiger partial charge in [-0.05, 0) is 43.7 Å². The largest absolute Gasteiger partial charge is 0.497 e. The van der Waals surface area contributed by atoms with Crippen molar-refractivity contribution in [2.24, 2.45) is 5.41 Å². The minimum absolute atomic E-state index is 0.282. The fraction of sp³-hybridized carbons (Fsp3) is 0.647. The van der Waals surface area contributed by atoms with Gasteiger partial charge in [0.25, 0.3) is 0 Å². The average molecular weight is 293 g/mol. The Morgan fingerprint density at radius 2 is 2.05 bits per heavy atom. The lowest BCUT2D eigenvalue weighted by Crippen LogP contribution is -2.37. The van der Waals surface area contributed by atoms with E-state index in [0.717, 1.165) is 5.75 Å². The molecule has 0 unspecified atom stereocenters. The molecule has 1 fully saturated rings. The number of ether oxygens (including phenoxy) is 2. The van der Waals surface area contributed by atoms with Gasteiger partial charge in [-0.25, -0.2) is 0 Å². The minimum Gasteiger partial charge on any atom is -0.497 e. The van der Waals surface area contributed by atoms with E-state index in [1.54, 1.807) is 7.11 Å². The van der Waals surface area contributed by atoms with Gasteiger partial charge < -0.3 is 19.9 Å². The van der Waals surface area contributed by atoms with Gasteiger partial charge in [0.05, 0.1) is 7.11 Å². The maximum Gasteiger partial charge on any atom is 0.123 e. The molecular formula is C17H27NO3. The molecule has 1 aromatic rings. The van der Waals surface area contributed by atoms with Crippen molar-refractivity contribution < 1.29 is 14.6 Å². The third-order valence-corrected chi connectivity index (χ3v) is 4.09. The van der Waals surface area contributed by atoms with Crippen molar-refractivity contribution in [3.8, 4) is 11.5 Å². The standard InChI is InChI=1S/C17H27NO3/c1-13(10-17(2)7-8-17)18-11-14(19)12-21-16-6-4-5-15(9-16)20-3/h4-6,9,13-14,18-19H,7-8,10-12H2,1-3H3/t13-,14-/m1/s1. The highest BCUT2D eigenvalue weighted by molar-refractivity contribution is 5.32. The molecule has 0 saturated heterocycles. The van der Waals surface area contributed by atoms with Gasteiger partial charge in [-0.1, -0.05) is 13.0 Å². The third kappa shape index (κ3) is 5.56. The molecule has 0 amide bonds. The van der Waals surface area contributed by atoms with Gasteiger partial charge in [0.2, 0.25) is 0 Å². The summed E-state index contributed by atoms with van der Waals surface area (Å²) in [7, 11) is 1.62. The maximum atomic E-state index is 9.98. The zero-order valence-corrected chi connectivity index (χ0v) is 13.3. The predicted molar refractivity (Wildman–Crippen MR) is 83.9 cm³/mol. The Labute approximate surface area is 127 Å². The first-order chi connectivity index (χ1) is 10.0. The molecule has 4 heteroatoms. The zero-order chi connectivity index (χ0) is 15.3. The minimum atomic E-state index is -0.509. The van der Waals surface area contributed by atoms with Crippen molar-refractivity contribution in [1.82, 2.24) is 5.32 Å². The molecular weight excluding hydrogens is 266 g/mol. The molecule has 0 heterocycles. The van der Waals surface area contributed by atoms with Crippen LogP contribution in [-0.4, -0.2) is 37.5 Å². The van der Waals surface area contributed by atoms with Crippen molar-refractivity contribution in [3.05, 3.63) is 24.3 Å². The molecule has 0 spiro atoms. The molecule has 0 bridgehead atoms. The third-order valence-electron chi connectivity index (χ3n) is 4.09. The fourth-order valence-corrected chi connectivity index (χ4v) is 2.51. The highest BCUT2D eigenvalue weighted by Crippen LogP contribution is 2.48. The first-order valence-corrected chi connectivity index (χ1v) is 7.69. The van der Waals surface area contributed by atoms with Crippen molar-refractivity contribution >= 4 is 0 Å². The quantitative estimate of drug-likeness (QED) is 0.735. The van der Waals surface area contributed by atoms with E-state index in [9.17, 15) is 5.11 Å². The van der Waals surface area contributed by atoms with Gasteiger partial charge >= 0.3 is 0 Å². The highest BCUT2D eigenvalue weighted by Gasteiger charge is 2.38. The first kappa shape index (κ1) is 16.1. The first-order valence-electron chi connectivity index (χ1n) is 7.69. The molecule has 118 valence electrons. The second kappa shape index (κ2) is 7.14. The molecule has 0 aromatic heterocycles. The normalized spacial score (nSPS) is 18.9. The van der Waals surface area contributed by atoms with Crippen molar-refractivity contribution in [2.45, 2.75) is 45.3 Å². The Balaban J connectivity index is 1.65. The van der Waals surface area contributed by atoms with Crippen LogP contribution in [0.15, 0.2) is 24.3 Å². The van der Waals surface area contributed by atoms with Crippen LogP contribution in [0.2, 0.25) is 0 Å². The van der Waals surface area contributed by atoms with E-state index < -0.39 is 6.10 Å². The Morgan fingerprint density at radius 1 is 1.33 bits per heavy atom. The Kier molecular flexibility index (Phi) is 5.48. The summed E-state index contributed by atoms with van der Waals surface area (Å²) in [5.41, 5.74) is 0.536. The average Bonchev–Trinajstić information content (AvgIpc) is 3.20. The van der Waals surface area contributed by atoms with E-state index >= 15 is 0 Å². The van der Waals surface area contributed by atoms with Gasteiger partial charge in [0.1, 0.15) is 24.2 Å². The van der Waals surface area contributed by atoms with Crippen LogP contribution in [-0.2, 0) is 0 Å². The molecule has 0 radical (unpaired) electrons. The van der Waals surface area contributed by atoms with Crippen LogP contribution in [0.4, 0.5) is 0 Å². The molecule has 2 N–H and O–H groups in total. The van der Waals surface area contributed by atoms with Crippen molar-refractivity contribution in [2.75, 3.05) is 20.3 Å². The molecule has 1 aromatic carbocycles. The van der Waals surface area contributed by atoms with E-state index in [-0.39, 0.29) is 6.61 Å². The van der Waals surface area contributed by atoms with E-state index in [1.807, 2.05) is 24.3 Å². The number of aliphatic hydroxyl groups excluding tert-OH is 1.